The van der Waals surface area contributed by atoms with Gasteiger partial charge in [-0.25, -0.2) is 4.79 Å². The minimum absolute atomic E-state index is 0.132. The van der Waals surface area contributed by atoms with Crippen LogP contribution in [0.5, 0.6) is 11.5 Å². The molecule has 0 radical (unpaired) electrons. The van der Waals surface area contributed by atoms with Gasteiger partial charge in [0, 0.05) is 23.9 Å². The lowest BCUT2D eigenvalue weighted by atomic mass is 9.90. The third-order valence-electron chi connectivity index (χ3n) is 5.88. The van der Waals surface area contributed by atoms with Crippen molar-refractivity contribution in [3.8, 4) is 11.5 Å². The third-order valence-corrected chi connectivity index (χ3v) is 5.88. The van der Waals surface area contributed by atoms with E-state index in [1.165, 1.54) is 11.6 Å². The standard InChI is InChI=1S/C25H25NO5/c27-22-15-21(24(29)20-9-5-4-8-19(20)22)25(30)31-16-23(28)26-12-10-18(11-13-26)14-17-6-2-1-3-7-17/h1-9,15,18,27,29H,10-14,16H2. The maximum absolute atomic E-state index is 12.5. The first kappa shape index (κ1) is 20.7. The lowest BCUT2D eigenvalue weighted by Crippen LogP contribution is -2.41. The number of amides is 1. The van der Waals surface area contributed by atoms with Crippen molar-refractivity contribution in [2.75, 3.05) is 19.7 Å². The van der Waals surface area contributed by atoms with Gasteiger partial charge in [0.15, 0.2) is 6.61 Å². The molecular formula is C25H25NO5. The van der Waals surface area contributed by atoms with Crippen molar-refractivity contribution in [1.29, 1.82) is 0 Å². The van der Waals surface area contributed by atoms with E-state index in [1.807, 2.05) is 18.2 Å². The smallest absolute Gasteiger partial charge is 0.342 e. The predicted octanol–water partition coefficient (Wildman–Crippen LogP) is 3.89. The van der Waals surface area contributed by atoms with Gasteiger partial charge >= 0.3 is 5.97 Å². The van der Waals surface area contributed by atoms with Crippen molar-refractivity contribution in [2.24, 2.45) is 5.92 Å². The van der Waals surface area contributed by atoms with Crippen molar-refractivity contribution >= 4 is 22.6 Å². The van der Waals surface area contributed by atoms with E-state index in [0.29, 0.717) is 29.8 Å². The Hall–Kier alpha value is -3.54. The SMILES string of the molecule is O=C(OCC(=O)N1CCC(Cc2ccccc2)CC1)c1cc(O)c2ccccc2c1O. The molecule has 1 heterocycles. The van der Waals surface area contributed by atoms with E-state index in [4.69, 9.17) is 4.74 Å². The summed E-state index contributed by atoms with van der Waals surface area (Å²) in [5, 5.41) is 21.3. The molecule has 6 nitrogen and oxygen atoms in total. The topological polar surface area (TPSA) is 87.1 Å². The number of phenols is 2. The molecule has 1 saturated heterocycles. The Labute approximate surface area is 180 Å². The Kier molecular flexibility index (Phi) is 6.07. The van der Waals surface area contributed by atoms with Crippen molar-refractivity contribution < 1.29 is 24.5 Å². The van der Waals surface area contributed by atoms with E-state index in [9.17, 15) is 19.8 Å². The van der Waals surface area contributed by atoms with E-state index in [-0.39, 0.29) is 23.0 Å². The first-order valence-electron chi connectivity index (χ1n) is 10.5. The average molecular weight is 419 g/mol. The molecule has 6 heteroatoms. The summed E-state index contributed by atoms with van der Waals surface area (Å²) < 4.78 is 5.15. The van der Waals surface area contributed by atoms with Gasteiger partial charge in [-0.05, 0) is 36.8 Å². The largest absolute Gasteiger partial charge is 0.507 e. The summed E-state index contributed by atoms with van der Waals surface area (Å²) in [6.45, 7) is 0.876. The number of fused-ring (bicyclic) bond motifs is 1. The molecule has 0 saturated carbocycles. The number of nitrogens with zero attached hydrogens (tertiary/aromatic N) is 1. The lowest BCUT2D eigenvalue weighted by Gasteiger charge is -2.32. The normalized spacial score (nSPS) is 14.5. The minimum atomic E-state index is -0.842. The second kappa shape index (κ2) is 9.08. The van der Waals surface area contributed by atoms with Crippen LogP contribution in [0.3, 0.4) is 0 Å². The Morgan fingerprint density at radius 1 is 0.935 bits per heavy atom. The zero-order chi connectivity index (χ0) is 21.8. The van der Waals surface area contributed by atoms with Crippen LogP contribution in [0, 0.1) is 5.92 Å². The number of hydrogen-bond donors (Lipinski definition) is 2. The van der Waals surface area contributed by atoms with Crippen LogP contribution in [0.1, 0.15) is 28.8 Å². The Bertz CT molecular complexity index is 1090. The maximum Gasteiger partial charge on any atom is 0.342 e. The summed E-state index contributed by atoms with van der Waals surface area (Å²) in [5.74, 6) is -0.965. The van der Waals surface area contributed by atoms with Gasteiger partial charge in [-0.2, -0.15) is 0 Å². The number of phenolic OH excluding ortho intramolecular Hbond substituents is 2. The highest BCUT2D eigenvalue weighted by Gasteiger charge is 2.25. The molecule has 0 aromatic heterocycles. The molecule has 0 atom stereocenters. The highest BCUT2D eigenvalue weighted by Crippen LogP contribution is 2.35. The zero-order valence-corrected chi connectivity index (χ0v) is 17.2. The number of carbonyl (C=O) groups excluding carboxylic acids is 2. The van der Waals surface area contributed by atoms with Gasteiger partial charge in [0.05, 0.1) is 0 Å². The van der Waals surface area contributed by atoms with Gasteiger partial charge < -0.3 is 19.8 Å². The molecule has 3 aromatic rings. The molecule has 0 spiro atoms. The van der Waals surface area contributed by atoms with E-state index in [2.05, 4.69) is 12.1 Å². The summed E-state index contributed by atoms with van der Waals surface area (Å²) >= 11 is 0. The van der Waals surface area contributed by atoms with E-state index in [1.54, 1.807) is 29.2 Å². The van der Waals surface area contributed by atoms with Gasteiger partial charge in [0.25, 0.3) is 5.91 Å². The molecule has 0 aliphatic carbocycles. The molecule has 1 aliphatic heterocycles. The number of ether oxygens (including phenoxy) is 1. The highest BCUT2D eigenvalue weighted by molar-refractivity contribution is 6.04. The number of benzene rings is 3. The predicted molar refractivity (Wildman–Crippen MR) is 117 cm³/mol. The van der Waals surface area contributed by atoms with E-state index < -0.39 is 12.6 Å². The molecule has 1 fully saturated rings. The fourth-order valence-corrected chi connectivity index (χ4v) is 4.13. The lowest BCUT2D eigenvalue weighted by molar-refractivity contribution is -0.135. The van der Waals surface area contributed by atoms with Gasteiger partial charge in [-0.3, -0.25) is 4.79 Å². The number of aromatic hydroxyl groups is 2. The molecule has 1 amide bonds. The molecule has 31 heavy (non-hydrogen) atoms. The fourth-order valence-electron chi connectivity index (χ4n) is 4.13. The van der Waals surface area contributed by atoms with Gasteiger partial charge in [0.1, 0.15) is 17.1 Å². The number of rotatable bonds is 5. The molecule has 2 N–H and O–H groups in total. The second-order valence-corrected chi connectivity index (χ2v) is 7.93. The van der Waals surface area contributed by atoms with Crippen LogP contribution < -0.4 is 0 Å². The second-order valence-electron chi connectivity index (χ2n) is 7.93. The fraction of sp³-hybridized carbons (Fsp3) is 0.280. The van der Waals surface area contributed by atoms with Gasteiger partial charge in [0.2, 0.25) is 0 Å². The van der Waals surface area contributed by atoms with Crippen molar-refractivity contribution in [2.45, 2.75) is 19.3 Å². The molecule has 0 unspecified atom stereocenters. The van der Waals surface area contributed by atoms with Crippen LogP contribution in [0.15, 0.2) is 60.7 Å². The summed E-state index contributed by atoms with van der Waals surface area (Å²) in [6.07, 6.45) is 2.82. The van der Waals surface area contributed by atoms with Crippen LogP contribution in [-0.2, 0) is 16.0 Å². The van der Waals surface area contributed by atoms with Crippen molar-refractivity contribution in [3.63, 3.8) is 0 Å². The molecule has 3 aromatic carbocycles. The monoisotopic (exact) mass is 419 g/mol. The van der Waals surface area contributed by atoms with Crippen LogP contribution in [-0.4, -0.2) is 46.7 Å². The average Bonchev–Trinajstić information content (AvgIpc) is 2.81. The number of esters is 1. The first-order valence-corrected chi connectivity index (χ1v) is 10.5. The number of likely N-dealkylation sites (tertiary alicyclic amines) is 1. The molecule has 4 rings (SSSR count). The van der Waals surface area contributed by atoms with Crippen molar-refractivity contribution in [1.82, 2.24) is 4.90 Å². The van der Waals surface area contributed by atoms with Gasteiger partial charge in [-0.15, -0.1) is 0 Å². The quantitative estimate of drug-likeness (QED) is 0.484. The van der Waals surface area contributed by atoms with Crippen molar-refractivity contribution in [3.05, 3.63) is 71.8 Å². The first-order chi connectivity index (χ1) is 15.0. The summed E-state index contributed by atoms with van der Waals surface area (Å²) in [4.78, 5) is 26.7. The van der Waals surface area contributed by atoms with Crippen LogP contribution in [0.25, 0.3) is 10.8 Å². The molecule has 1 aliphatic rings. The summed E-state index contributed by atoms with van der Waals surface area (Å²) in [7, 11) is 0. The Balaban J connectivity index is 1.32. The van der Waals surface area contributed by atoms with Crippen LogP contribution in [0.4, 0.5) is 0 Å². The Morgan fingerprint density at radius 3 is 2.29 bits per heavy atom. The van der Waals surface area contributed by atoms with Gasteiger partial charge in [-0.1, -0.05) is 54.6 Å². The zero-order valence-electron chi connectivity index (χ0n) is 17.2. The molecular weight excluding hydrogens is 394 g/mol. The molecule has 160 valence electrons. The van der Waals surface area contributed by atoms with Crippen LogP contribution in [0.2, 0.25) is 0 Å². The molecule has 0 bridgehead atoms. The number of hydrogen-bond acceptors (Lipinski definition) is 5. The van der Waals surface area contributed by atoms with E-state index in [0.717, 1.165) is 19.3 Å². The Morgan fingerprint density at radius 2 is 1.58 bits per heavy atom. The summed E-state index contributed by atoms with van der Waals surface area (Å²) in [5.41, 5.74) is 1.14. The van der Waals surface area contributed by atoms with Crippen LogP contribution >= 0.6 is 0 Å². The summed E-state index contributed by atoms with van der Waals surface area (Å²) in [6, 6.07) is 18.2. The number of piperidine rings is 1. The minimum Gasteiger partial charge on any atom is -0.507 e. The van der Waals surface area contributed by atoms with E-state index >= 15 is 0 Å². The maximum atomic E-state index is 12.5. The third kappa shape index (κ3) is 4.63. The number of carbonyl (C=O) groups is 2. The highest BCUT2D eigenvalue weighted by atomic mass is 16.5.